The summed E-state index contributed by atoms with van der Waals surface area (Å²) in [6.45, 7) is 0.0926. The summed E-state index contributed by atoms with van der Waals surface area (Å²) in [5.74, 6) is -1.32. The van der Waals surface area contributed by atoms with Gasteiger partial charge in [-0.25, -0.2) is 0 Å². The van der Waals surface area contributed by atoms with Gasteiger partial charge in [-0.15, -0.1) is 0 Å². The lowest BCUT2D eigenvalue weighted by Crippen LogP contribution is -2.26. The predicted molar refractivity (Wildman–Crippen MR) is 60.7 cm³/mol. The molecule has 0 atom stereocenters. The molecule has 2 aromatic rings. The molecule has 0 saturated carbocycles. The standard InChI is InChI=1S/C11H11N3O3/c15-9(16)5-6-12-11(17)10-7-3-1-2-4-8(7)13-14-10/h1-4H,5-6H2,(H,12,17)(H,13,14)(H,15,16). The molecule has 0 aliphatic heterocycles. The van der Waals surface area contributed by atoms with E-state index in [4.69, 9.17) is 5.11 Å². The molecular formula is C11H11N3O3. The highest BCUT2D eigenvalue weighted by Crippen LogP contribution is 2.14. The molecule has 0 aliphatic rings. The summed E-state index contributed by atoms with van der Waals surface area (Å²) in [6.07, 6.45) is -0.103. The Bertz CT molecular complexity index is 562. The molecule has 0 fully saturated rings. The van der Waals surface area contributed by atoms with Gasteiger partial charge in [-0.1, -0.05) is 18.2 Å². The van der Waals surface area contributed by atoms with E-state index in [1.807, 2.05) is 18.2 Å². The average molecular weight is 233 g/mol. The smallest absolute Gasteiger partial charge is 0.305 e. The molecule has 1 aromatic heterocycles. The minimum atomic E-state index is -0.947. The van der Waals surface area contributed by atoms with Crippen molar-refractivity contribution in [3.8, 4) is 0 Å². The van der Waals surface area contributed by atoms with Gasteiger partial charge in [0.1, 0.15) is 0 Å². The van der Waals surface area contributed by atoms with Gasteiger partial charge in [0, 0.05) is 11.9 Å². The molecule has 2 rings (SSSR count). The van der Waals surface area contributed by atoms with Crippen LogP contribution in [0.5, 0.6) is 0 Å². The first kappa shape index (κ1) is 11.1. The van der Waals surface area contributed by atoms with Crippen LogP contribution in [-0.4, -0.2) is 33.7 Å². The summed E-state index contributed by atoms with van der Waals surface area (Å²) in [7, 11) is 0. The summed E-state index contributed by atoms with van der Waals surface area (Å²) in [4.78, 5) is 22.0. The number of rotatable bonds is 4. The van der Waals surface area contributed by atoms with Crippen LogP contribution < -0.4 is 5.32 Å². The van der Waals surface area contributed by atoms with E-state index < -0.39 is 5.97 Å². The van der Waals surface area contributed by atoms with Crippen molar-refractivity contribution in [1.29, 1.82) is 0 Å². The summed E-state index contributed by atoms with van der Waals surface area (Å²) >= 11 is 0. The molecular weight excluding hydrogens is 222 g/mol. The number of carboxylic acids is 1. The van der Waals surface area contributed by atoms with E-state index in [-0.39, 0.29) is 24.6 Å². The predicted octanol–water partition coefficient (Wildman–Crippen LogP) is 0.767. The number of nitrogens with one attached hydrogen (secondary N) is 2. The monoisotopic (exact) mass is 233 g/mol. The maximum atomic E-state index is 11.7. The average Bonchev–Trinajstić information content (AvgIpc) is 2.72. The number of H-pyrrole nitrogens is 1. The van der Waals surface area contributed by atoms with Crippen LogP contribution in [0.3, 0.4) is 0 Å². The van der Waals surface area contributed by atoms with Crippen LogP contribution in [0, 0.1) is 0 Å². The van der Waals surface area contributed by atoms with Crippen molar-refractivity contribution in [3.05, 3.63) is 30.0 Å². The molecule has 0 radical (unpaired) electrons. The van der Waals surface area contributed by atoms with Gasteiger partial charge in [-0.2, -0.15) is 5.10 Å². The highest BCUT2D eigenvalue weighted by Gasteiger charge is 2.13. The Morgan fingerprint density at radius 2 is 2.12 bits per heavy atom. The number of fused-ring (bicyclic) bond motifs is 1. The maximum absolute atomic E-state index is 11.7. The second-order valence-corrected chi connectivity index (χ2v) is 3.52. The van der Waals surface area contributed by atoms with E-state index in [1.54, 1.807) is 6.07 Å². The Hall–Kier alpha value is -2.37. The van der Waals surface area contributed by atoms with Gasteiger partial charge in [-0.3, -0.25) is 14.7 Å². The lowest BCUT2D eigenvalue weighted by Gasteiger charge is -2.00. The number of para-hydroxylation sites is 1. The lowest BCUT2D eigenvalue weighted by atomic mass is 10.2. The first-order chi connectivity index (χ1) is 8.18. The summed E-state index contributed by atoms with van der Waals surface area (Å²) in [5, 5.41) is 18.3. The molecule has 0 unspecified atom stereocenters. The Morgan fingerprint density at radius 3 is 2.88 bits per heavy atom. The van der Waals surface area contributed by atoms with Gasteiger partial charge in [-0.05, 0) is 6.07 Å². The fourth-order valence-corrected chi connectivity index (χ4v) is 1.50. The highest BCUT2D eigenvalue weighted by atomic mass is 16.4. The van der Waals surface area contributed by atoms with Crippen LogP contribution >= 0.6 is 0 Å². The second kappa shape index (κ2) is 4.65. The minimum Gasteiger partial charge on any atom is -0.481 e. The third-order valence-corrected chi connectivity index (χ3v) is 2.31. The van der Waals surface area contributed by atoms with Crippen molar-refractivity contribution >= 4 is 22.8 Å². The third-order valence-electron chi connectivity index (χ3n) is 2.31. The molecule has 6 heteroatoms. The largest absolute Gasteiger partial charge is 0.481 e. The summed E-state index contributed by atoms with van der Waals surface area (Å²) in [6, 6.07) is 7.25. The molecule has 0 saturated heterocycles. The van der Waals surface area contributed by atoms with Gasteiger partial charge >= 0.3 is 5.97 Å². The summed E-state index contributed by atoms with van der Waals surface area (Å²) < 4.78 is 0. The molecule has 3 N–H and O–H groups in total. The van der Waals surface area contributed by atoms with E-state index in [0.29, 0.717) is 0 Å². The molecule has 88 valence electrons. The molecule has 17 heavy (non-hydrogen) atoms. The quantitative estimate of drug-likeness (QED) is 0.726. The number of nitrogens with zero attached hydrogens (tertiary/aromatic N) is 1. The van der Waals surface area contributed by atoms with Crippen LogP contribution in [0.4, 0.5) is 0 Å². The molecule has 1 amide bonds. The van der Waals surface area contributed by atoms with Crippen molar-refractivity contribution < 1.29 is 14.7 Å². The number of aromatic nitrogens is 2. The zero-order chi connectivity index (χ0) is 12.3. The minimum absolute atomic E-state index is 0.0926. The first-order valence-electron chi connectivity index (χ1n) is 5.11. The number of carbonyl (C=O) groups is 2. The number of carboxylic acid groups (broad SMARTS) is 1. The maximum Gasteiger partial charge on any atom is 0.305 e. The van der Waals surface area contributed by atoms with Gasteiger partial charge in [0.25, 0.3) is 5.91 Å². The molecule has 0 bridgehead atoms. The van der Waals surface area contributed by atoms with Crippen molar-refractivity contribution in [1.82, 2.24) is 15.5 Å². The van der Waals surface area contributed by atoms with Crippen molar-refractivity contribution in [2.75, 3.05) is 6.54 Å². The van der Waals surface area contributed by atoms with E-state index >= 15 is 0 Å². The fraction of sp³-hybridized carbons (Fsp3) is 0.182. The van der Waals surface area contributed by atoms with E-state index in [1.165, 1.54) is 0 Å². The van der Waals surface area contributed by atoms with Crippen LogP contribution in [0.15, 0.2) is 24.3 Å². The molecule has 6 nitrogen and oxygen atoms in total. The number of aromatic amines is 1. The van der Waals surface area contributed by atoms with Crippen LogP contribution in [0.25, 0.3) is 10.9 Å². The molecule has 1 heterocycles. The number of amides is 1. The van der Waals surface area contributed by atoms with E-state index in [0.717, 1.165) is 10.9 Å². The van der Waals surface area contributed by atoms with Crippen LogP contribution in [-0.2, 0) is 4.79 Å². The van der Waals surface area contributed by atoms with Gasteiger partial charge in [0.05, 0.1) is 11.9 Å². The zero-order valence-corrected chi connectivity index (χ0v) is 8.93. The second-order valence-electron chi connectivity index (χ2n) is 3.52. The van der Waals surface area contributed by atoms with E-state index in [2.05, 4.69) is 15.5 Å². The Kier molecular flexibility index (Phi) is 3.04. The number of hydrogen-bond acceptors (Lipinski definition) is 3. The van der Waals surface area contributed by atoms with Gasteiger partial charge in [0.2, 0.25) is 0 Å². The number of benzene rings is 1. The molecule has 0 spiro atoms. The Labute approximate surface area is 96.6 Å². The Morgan fingerprint density at radius 1 is 1.35 bits per heavy atom. The van der Waals surface area contributed by atoms with Crippen molar-refractivity contribution in [2.45, 2.75) is 6.42 Å². The lowest BCUT2D eigenvalue weighted by molar-refractivity contribution is -0.136. The fourth-order valence-electron chi connectivity index (χ4n) is 1.50. The topological polar surface area (TPSA) is 95.1 Å². The van der Waals surface area contributed by atoms with Gasteiger partial charge in [0.15, 0.2) is 5.69 Å². The van der Waals surface area contributed by atoms with Crippen LogP contribution in [0.1, 0.15) is 16.9 Å². The van der Waals surface area contributed by atoms with Crippen molar-refractivity contribution in [3.63, 3.8) is 0 Å². The SMILES string of the molecule is O=C(O)CCNC(=O)c1n[nH]c2ccccc12. The number of aliphatic carboxylic acids is 1. The van der Waals surface area contributed by atoms with Crippen molar-refractivity contribution in [2.24, 2.45) is 0 Å². The highest BCUT2D eigenvalue weighted by molar-refractivity contribution is 6.04. The van der Waals surface area contributed by atoms with Gasteiger partial charge < -0.3 is 10.4 Å². The normalized spacial score (nSPS) is 10.4. The van der Waals surface area contributed by atoms with E-state index in [9.17, 15) is 9.59 Å². The number of carbonyl (C=O) groups excluding carboxylic acids is 1. The summed E-state index contributed by atoms with van der Waals surface area (Å²) in [5.41, 5.74) is 1.06. The number of hydrogen-bond donors (Lipinski definition) is 3. The third kappa shape index (κ3) is 2.41. The Balaban J connectivity index is 2.11. The molecule has 1 aromatic carbocycles. The van der Waals surface area contributed by atoms with Crippen LogP contribution in [0.2, 0.25) is 0 Å². The first-order valence-corrected chi connectivity index (χ1v) is 5.11. The molecule has 0 aliphatic carbocycles. The zero-order valence-electron chi connectivity index (χ0n) is 8.93.